The first-order valence-corrected chi connectivity index (χ1v) is 6.94. The molecule has 0 saturated heterocycles. The molecule has 0 heterocycles. The van der Waals surface area contributed by atoms with Crippen LogP contribution in [0, 0.1) is 0 Å². The molecule has 6 heteroatoms. The minimum absolute atomic E-state index is 0.201. The van der Waals surface area contributed by atoms with Crippen molar-refractivity contribution in [2.45, 2.75) is 6.92 Å². The van der Waals surface area contributed by atoms with Gasteiger partial charge in [-0.25, -0.2) is 4.99 Å². The Bertz CT molecular complexity index is 711. The smallest absolute Gasteiger partial charge is 0.173 e. The van der Waals surface area contributed by atoms with Gasteiger partial charge >= 0.3 is 0 Å². The summed E-state index contributed by atoms with van der Waals surface area (Å²) < 4.78 is 0. The van der Waals surface area contributed by atoms with Crippen molar-refractivity contribution in [1.82, 2.24) is 5.48 Å². The Labute approximate surface area is 133 Å². The maximum Gasteiger partial charge on any atom is 0.173 e. The zero-order chi connectivity index (χ0) is 15.8. The van der Waals surface area contributed by atoms with E-state index >= 15 is 0 Å². The molecule has 112 valence electrons. The predicted octanol–water partition coefficient (Wildman–Crippen LogP) is 3.84. The molecule has 0 aliphatic rings. The predicted molar refractivity (Wildman–Crippen MR) is 90.6 cm³/mol. The van der Waals surface area contributed by atoms with E-state index in [0.29, 0.717) is 16.4 Å². The molecule has 0 atom stereocenters. The van der Waals surface area contributed by atoms with Gasteiger partial charge in [0.05, 0.1) is 11.9 Å². The van der Waals surface area contributed by atoms with E-state index in [-0.39, 0.29) is 5.84 Å². The van der Waals surface area contributed by atoms with Crippen molar-refractivity contribution in [3.63, 3.8) is 0 Å². The molecule has 0 spiro atoms. The van der Waals surface area contributed by atoms with Crippen LogP contribution in [0.25, 0.3) is 0 Å². The molecule has 22 heavy (non-hydrogen) atoms. The Morgan fingerprint density at radius 1 is 1.14 bits per heavy atom. The van der Waals surface area contributed by atoms with Crippen LogP contribution in [0.1, 0.15) is 12.5 Å². The average molecular weight is 315 g/mol. The maximum atomic E-state index is 9.20. The number of hydrogen-bond donors (Lipinski definition) is 2. The Morgan fingerprint density at radius 3 is 2.59 bits per heavy atom. The molecular formula is C16H15ClN4O. The van der Waals surface area contributed by atoms with E-state index in [9.17, 15) is 5.21 Å². The van der Waals surface area contributed by atoms with Gasteiger partial charge in [0.2, 0.25) is 0 Å². The fourth-order valence-electron chi connectivity index (χ4n) is 1.63. The molecule has 0 amide bonds. The lowest BCUT2D eigenvalue weighted by atomic mass is 10.2. The van der Waals surface area contributed by atoms with Crippen LogP contribution in [-0.4, -0.2) is 23.0 Å². The van der Waals surface area contributed by atoms with E-state index in [4.69, 9.17) is 11.6 Å². The molecule has 0 aliphatic heterocycles. The Hall–Kier alpha value is -2.50. The van der Waals surface area contributed by atoms with E-state index in [1.54, 1.807) is 37.4 Å². The van der Waals surface area contributed by atoms with Crippen molar-refractivity contribution >= 4 is 35.1 Å². The highest BCUT2D eigenvalue weighted by atomic mass is 35.5. The second-order valence-corrected chi connectivity index (χ2v) is 4.83. The minimum Gasteiger partial charge on any atom is -0.290 e. The van der Waals surface area contributed by atoms with Crippen LogP contribution in [0.3, 0.4) is 0 Å². The lowest BCUT2D eigenvalue weighted by molar-refractivity contribution is 0.236. The van der Waals surface area contributed by atoms with Gasteiger partial charge in [0.1, 0.15) is 5.71 Å². The summed E-state index contributed by atoms with van der Waals surface area (Å²) in [4.78, 5) is 4.23. The zero-order valence-corrected chi connectivity index (χ0v) is 12.7. The SMILES string of the molecule is C/C(=N\N=C\c1ccccc1)C(=Nc1cccc(Cl)c1)NO. The van der Waals surface area contributed by atoms with Crippen molar-refractivity contribution in [3.8, 4) is 0 Å². The number of nitrogens with one attached hydrogen (secondary N) is 1. The standard InChI is InChI=1S/C16H15ClN4O/c1-12(20-18-11-13-6-3-2-4-7-13)16(21-22)19-15-9-5-8-14(17)10-15/h2-11,22H,1H3,(H,19,21)/b18-11+,20-12+. The molecule has 0 saturated carbocycles. The van der Waals surface area contributed by atoms with Gasteiger partial charge in [-0.05, 0) is 30.7 Å². The number of rotatable bonds is 4. The molecule has 2 aromatic carbocycles. The fraction of sp³-hybridized carbons (Fsp3) is 0.0625. The highest BCUT2D eigenvalue weighted by Gasteiger charge is 2.03. The first kappa shape index (κ1) is 15.9. The van der Waals surface area contributed by atoms with Crippen molar-refractivity contribution in [2.75, 3.05) is 0 Å². The molecular weight excluding hydrogens is 300 g/mol. The zero-order valence-electron chi connectivity index (χ0n) is 11.9. The number of halogens is 1. The molecule has 0 aliphatic carbocycles. The number of aliphatic imine (C=N–C) groups is 1. The minimum atomic E-state index is 0.201. The molecule has 2 rings (SSSR count). The first-order chi connectivity index (χ1) is 10.7. The molecule has 2 N–H and O–H groups in total. The van der Waals surface area contributed by atoms with E-state index in [1.807, 2.05) is 35.8 Å². The van der Waals surface area contributed by atoms with Crippen molar-refractivity contribution in [3.05, 3.63) is 65.2 Å². The molecule has 5 nitrogen and oxygen atoms in total. The van der Waals surface area contributed by atoms with Crippen LogP contribution in [0.15, 0.2) is 69.8 Å². The fourth-order valence-corrected chi connectivity index (χ4v) is 1.81. The number of amidine groups is 1. The lowest BCUT2D eigenvalue weighted by Gasteiger charge is -2.03. The molecule has 0 aromatic heterocycles. The molecule has 0 bridgehead atoms. The summed E-state index contributed by atoms with van der Waals surface area (Å²) in [6, 6.07) is 16.6. The van der Waals surface area contributed by atoms with Crippen molar-refractivity contribution in [2.24, 2.45) is 15.2 Å². The van der Waals surface area contributed by atoms with Crippen LogP contribution in [0.5, 0.6) is 0 Å². The first-order valence-electron chi connectivity index (χ1n) is 6.56. The largest absolute Gasteiger partial charge is 0.290 e. The van der Waals surface area contributed by atoms with Crippen LogP contribution in [0.4, 0.5) is 5.69 Å². The van der Waals surface area contributed by atoms with Gasteiger partial charge in [-0.3, -0.25) is 10.7 Å². The van der Waals surface area contributed by atoms with Gasteiger partial charge in [-0.1, -0.05) is 48.0 Å². The van der Waals surface area contributed by atoms with Gasteiger partial charge in [0.25, 0.3) is 0 Å². The van der Waals surface area contributed by atoms with Crippen LogP contribution in [-0.2, 0) is 0 Å². The maximum absolute atomic E-state index is 9.20. The van der Waals surface area contributed by atoms with E-state index in [1.165, 1.54) is 0 Å². The Balaban J connectivity index is 2.16. The monoisotopic (exact) mass is 314 g/mol. The second kappa shape index (κ2) is 8.07. The van der Waals surface area contributed by atoms with E-state index in [2.05, 4.69) is 15.2 Å². The highest BCUT2D eigenvalue weighted by Crippen LogP contribution is 2.17. The topological polar surface area (TPSA) is 69.3 Å². The van der Waals surface area contributed by atoms with Gasteiger partial charge in [0, 0.05) is 5.02 Å². The molecule has 0 unspecified atom stereocenters. The van der Waals surface area contributed by atoms with E-state index < -0.39 is 0 Å². The van der Waals surface area contributed by atoms with Gasteiger partial charge in [-0.2, -0.15) is 10.2 Å². The molecule has 0 fully saturated rings. The third-order valence-electron chi connectivity index (χ3n) is 2.71. The van der Waals surface area contributed by atoms with E-state index in [0.717, 1.165) is 5.56 Å². The Kier molecular flexibility index (Phi) is 5.82. The van der Waals surface area contributed by atoms with Gasteiger partial charge in [-0.15, -0.1) is 0 Å². The normalized spacial score (nSPS) is 12.7. The van der Waals surface area contributed by atoms with Crippen molar-refractivity contribution < 1.29 is 5.21 Å². The summed E-state index contributed by atoms with van der Waals surface area (Å²) in [5, 5.41) is 17.7. The lowest BCUT2D eigenvalue weighted by Crippen LogP contribution is -2.26. The summed E-state index contributed by atoms with van der Waals surface area (Å²) in [7, 11) is 0. The molecule has 0 radical (unpaired) electrons. The number of hydroxylamine groups is 1. The number of hydrogen-bond acceptors (Lipinski definition) is 4. The van der Waals surface area contributed by atoms with Crippen molar-refractivity contribution in [1.29, 1.82) is 0 Å². The summed E-state index contributed by atoms with van der Waals surface area (Å²) in [5.74, 6) is 0.201. The second-order valence-electron chi connectivity index (χ2n) is 4.39. The summed E-state index contributed by atoms with van der Waals surface area (Å²) >= 11 is 5.90. The van der Waals surface area contributed by atoms with Crippen LogP contribution >= 0.6 is 11.6 Å². The third kappa shape index (κ3) is 4.80. The number of benzene rings is 2. The number of nitrogens with zero attached hydrogens (tertiary/aromatic N) is 3. The summed E-state index contributed by atoms with van der Waals surface area (Å²) in [6.45, 7) is 1.69. The van der Waals surface area contributed by atoms with Crippen LogP contribution in [0.2, 0.25) is 5.02 Å². The summed E-state index contributed by atoms with van der Waals surface area (Å²) in [5.41, 5.74) is 4.00. The van der Waals surface area contributed by atoms with Gasteiger partial charge < -0.3 is 0 Å². The van der Waals surface area contributed by atoms with Gasteiger partial charge in [0.15, 0.2) is 5.84 Å². The van der Waals surface area contributed by atoms with Crippen LogP contribution < -0.4 is 5.48 Å². The highest BCUT2D eigenvalue weighted by molar-refractivity contribution is 6.40. The Morgan fingerprint density at radius 2 is 1.91 bits per heavy atom. The quantitative estimate of drug-likeness (QED) is 0.511. The summed E-state index contributed by atoms with van der Waals surface area (Å²) in [6.07, 6.45) is 1.62. The average Bonchev–Trinajstić information content (AvgIpc) is 2.53. The molecule has 2 aromatic rings. The third-order valence-corrected chi connectivity index (χ3v) is 2.95.